The van der Waals surface area contributed by atoms with Gasteiger partial charge in [0.25, 0.3) is 5.56 Å². The molecule has 0 aliphatic rings. The van der Waals surface area contributed by atoms with E-state index < -0.39 is 5.25 Å². The molecule has 1 aromatic heterocycles. The van der Waals surface area contributed by atoms with E-state index in [-0.39, 0.29) is 11.5 Å². The molecule has 0 aliphatic carbocycles. The number of nitrogens with one attached hydrogen (secondary N) is 1. The van der Waals surface area contributed by atoms with Crippen molar-refractivity contribution >= 4 is 34.3 Å². The molecule has 1 atom stereocenters. The average Bonchev–Trinajstić information content (AvgIpc) is 2.82. The second kappa shape index (κ2) is 9.88. The van der Waals surface area contributed by atoms with Crippen LogP contribution in [0.2, 0.25) is 0 Å². The summed E-state index contributed by atoms with van der Waals surface area (Å²) in [5.74, 6) is -0.174. The van der Waals surface area contributed by atoms with E-state index in [1.165, 1.54) is 11.8 Å². The number of carbonyl (C=O) groups is 1. The summed E-state index contributed by atoms with van der Waals surface area (Å²) in [5.41, 5.74) is 4.11. The lowest BCUT2D eigenvalue weighted by molar-refractivity contribution is -0.115. The summed E-state index contributed by atoms with van der Waals surface area (Å²) in [5, 5.41) is 3.49. The number of para-hydroxylation sites is 1. The van der Waals surface area contributed by atoms with Gasteiger partial charge in [0.05, 0.1) is 10.9 Å². The quantitative estimate of drug-likeness (QED) is 0.221. The van der Waals surface area contributed by atoms with Gasteiger partial charge < -0.3 is 5.32 Å². The number of nitrogens with zero attached hydrogens (tertiary/aromatic N) is 2. The first-order valence-electron chi connectivity index (χ1n) is 10.7. The molecule has 1 N–H and O–H groups in total. The number of benzene rings is 3. The van der Waals surface area contributed by atoms with E-state index >= 15 is 0 Å². The minimum Gasteiger partial charge on any atom is -0.325 e. The third kappa shape index (κ3) is 4.91. The van der Waals surface area contributed by atoms with Crippen LogP contribution in [0.5, 0.6) is 0 Å². The van der Waals surface area contributed by atoms with E-state index in [0.29, 0.717) is 22.6 Å². The van der Waals surface area contributed by atoms with Crippen molar-refractivity contribution in [2.45, 2.75) is 30.8 Å². The second-order valence-corrected chi connectivity index (χ2v) is 8.90. The molecule has 0 aliphatic heterocycles. The normalized spacial score (nSPS) is 11.8. The maximum absolute atomic E-state index is 13.5. The Hall–Kier alpha value is -3.64. The minimum atomic E-state index is -0.602. The van der Waals surface area contributed by atoms with Crippen LogP contribution in [-0.4, -0.2) is 15.5 Å². The SMILES string of the molecule is C=CCn1c(SC(C(=O)Nc2cc(C)ccc2C)c2ccccc2)nc2ccccc2c1=O. The Morgan fingerprint density at radius 3 is 2.58 bits per heavy atom. The van der Waals surface area contributed by atoms with Gasteiger partial charge in [0.1, 0.15) is 5.25 Å². The largest absolute Gasteiger partial charge is 0.325 e. The molecule has 4 rings (SSSR count). The molecule has 4 aromatic rings. The van der Waals surface area contributed by atoms with Crippen LogP contribution in [-0.2, 0) is 11.3 Å². The van der Waals surface area contributed by atoms with E-state index in [0.717, 1.165) is 22.4 Å². The van der Waals surface area contributed by atoms with Crippen molar-refractivity contribution in [3.8, 4) is 0 Å². The van der Waals surface area contributed by atoms with Gasteiger partial charge in [-0.25, -0.2) is 4.98 Å². The Balaban J connectivity index is 1.78. The predicted octanol–water partition coefficient (Wildman–Crippen LogP) is 5.67. The molecule has 166 valence electrons. The number of hydrogen-bond donors (Lipinski definition) is 1. The van der Waals surface area contributed by atoms with E-state index in [9.17, 15) is 9.59 Å². The standard InChI is InChI=1S/C27H25N3O2S/c1-4-16-30-26(32)21-12-8-9-13-22(21)29-27(30)33-24(20-10-6-5-7-11-20)25(31)28-23-17-18(2)14-15-19(23)3/h4-15,17,24H,1,16H2,2-3H3,(H,28,31). The smallest absolute Gasteiger partial charge is 0.262 e. The first-order valence-corrected chi connectivity index (χ1v) is 11.6. The van der Waals surface area contributed by atoms with Crippen molar-refractivity contribution in [3.05, 3.63) is 112 Å². The Bertz CT molecular complexity index is 1380. The predicted molar refractivity (Wildman–Crippen MR) is 136 cm³/mol. The van der Waals surface area contributed by atoms with Crippen LogP contribution in [0.25, 0.3) is 10.9 Å². The monoisotopic (exact) mass is 455 g/mol. The topological polar surface area (TPSA) is 64.0 Å². The van der Waals surface area contributed by atoms with Crippen LogP contribution in [0.1, 0.15) is 21.9 Å². The molecule has 0 radical (unpaired) electrons. The Labute approximate surface area is 197 Å². The molecule has 6 heteroatoms. The molecule has 0 spiro atoms. The Kier molecular flexibility index (Phi) is 6.75. The highest BCUT2D eigenvalue weighted by Gasteiger charge is 2.25. The van der Waals surface area contributed by atoms with E-state index in [1.54, 1.807) is 16.7 Å². The van der Waals surface area contributed by atoms with Gasteiger partial charge in [-0.05, 0) is 48.7 Å². The molecule has 0 fully saturated rings. The first-order chi connectivity index (χ1) is 16.0. The fraction of sp³-hybridized carbons (Fsp3) is 0.148. The van der Waals surface area contributed by atoms with Gasteiger partial charge >= 0.3 is 0 Å². The maximum atomic E-state index is 13.5. The summed E-state index contributed by atoms with van der Waals surface area (Å²) in [6.45, 7) is 8.05. The lowest BCUT2D eigenvalue weighted by Gasteiger charge is -2.20. The Morgan fingerprint density at radius 2 is 1.82 bits per heavy atom. The fourth-order valence-electron chi connectivity index (χ4n) is 3.60. The van der Waals surface area contributed by atoms with Gasteiger partial charge in [-0.2, -0.15) is 0 Å². The zero-order valence-corrected chi connectivity index (χ0v) is 19.4. The zero-order chi connectivity index (χ0) is 23.4. The molecular weight excluding hydrogens is 430 g/mol. The summed E-state index contributed by atoms with van der Waals surface area (Å²) in [6, 6.07) is 22.8. The van der Waals surface area contributed by atoms with Crippen LogP contribution in [0.4, 0.5) is 5.69 Å². The summed E-state index contributed by atoms with van der Waals surface area (Å²) in [6.07, 6.45) is 1.66. The lowest BCUT2D eigenvalue weighted by atomic mass is 10.1. The van der Waals surface area contributed by atoms with Crippen molar-refractivity contribution in [1.29, 1.82) is 0 Å². The van der Waals surface area contributed by atoms with E-state index in [2.05, 4.69) is 11.9 Å². The number of amides is 1. The number of rotatable bonds is 7. The van der Waals surface area contributed by atoms with E-state index in [4.69, 9.17) is 4.98 Å². The third-order valence-corrected chi connectivity index (χ3v) is 6.60. The number of fused-ring (bicyclic) bond motifs is 1. The summed E-state index contributed by atoms with van der Waals surface area (Å²) < 4.78 is 1.57. The van der Waals surface area contributed by atoms with Gasteiger partial charge in [0.2, 0.25) is 5.91 Å². The van der Waals surface area contributed by atoms with Crippen LogP contribution in [0, 0.1) is 13.8 Å². The van der Waals surface area contributed by atoms with Crippen LogP contribution in [0.15, 0.2) is 95.4 Å². The molecule has 1 heterocycles. The van der Waals surface area contributed by atoms with Crippen molar-refractivity contribution in [3.63, 3.8) is 0 Å². The molecule has 1 amide bonds. The summed E-state index contributed by atoms with van der Waals surface area (Å²) >= 11 is 1.27. The second-order valence-electron chi connectivity index (χ2n) is 7.83. The third-order valence-electron chi connectivity index (χ3n) is 5.35. The van der Waals surface area contributed by atoms with Gasteiger partial charge in [-0.3, -0.25) is 14.2 Å². The van der Waals surface area contributed by atoms with Gasteiger partial charge in [0.15, 0.2) is 5.16 Å². The molecule has 0 saturated carbocycles. The molecule has 3 aromatic carbocycles. The molecule has 33 heavy (non-hydrogen) atoms. The fourth-order valence-corrected chi connectivity index (χ4v) is 4.71. The summed E-state index contributed by atoms with van der Waals surface area (Å²) in [4.78, 5) is 31.4. The van der Waals surface area contributed by atoms with E-state index in [1.807, 2.05) is 80.6 Å². The van der Waals surface area contributed by atoms with Crippen molar-refractivity contribution in [1.82, 2.24) is 9.55 Å². The maximum Gasteiger partial charge on any atom is 0.262 e. The molecule has 1 unspecified atom stereocenters. The zero-order valence-electron chi connectivity index (χ0n) is 18.6. The van der Waals surface area contributed by atoms with Crippen LogP contribution in [0.3, 0.4) is 0 Å². The molecule has 0 bridgehead atoms. The van der Waals surface area contributed by atoms with Gasteiger partial charge in [0, 0.05) is 12.2 Å². The van der Waals surface area contributed by atoms with Crippen LogP contribution < -0.4 is 10.9 Å². The van der Waals surface area contributed by atoms with Gasteiger partial charge in [-0.1, -0.05) is 72.4 Å². The number of allylic oxidation sites excluding steroid dienone is 1. The van der Waals surface area contributed by atoms with Crippen molar-refractivity contribution < 1.29 is 4.79 Å². The average molecular weight is 456 g/mol. The Morgan fingerprint density at radius 1 is 1.09 bits per heavy atom. The lowest BCUT2D eigenvalue weighted by Crippen LogP contribution is -2.25. The number of thioether (sulfide) groups is 1. The number of aryl methyl sites for hydroxylation is 2. The highest BCUT2D eigenvalue weighted by Crippen LogP contribution is 2.36. The highest BCUT2D eigenvalue weighted by molar-refractivity contribution is 8.00. The number of anilines is 1. The highest BCUT2D eigenvalue weighted by atomic mass is 32.2. The molecule has 0 saturated heterocycles. The number of aromatic nitrogens is 2. The summed E-state index contributed by atoms with van der Waals surface area (Å²) in [7, 11) is 0. The van der Waals surface area contributed by atoms with Crippen molar-refractivity contribution in [2.75, 3.05) is 5.32 Å². The molecular formula is C27H25N3O2S. The van der Waals surface area contributed by atoms with Crippen molar-refractivity contribution in [2.24, 2.45) is 0 Å². The first kappa shape index (κ1) is 22.6. The minimum absolute atomic E-state index is 0.148. The number of hydrogen-bond acceptors (Lipinski definition) is 4. The van der Waals surface area contributed by atoms with Crippen LogP contribution >= 0.6 is 11.8 Å². The van der Waals surface area contributed by atoms with Gasteiger partial charge in [-0.15, -0.1) is 6.58 Å². The number of carbonyl (C=O) groups excluding carboxylic acids is 1. The molecule has 5 nitrogen and oxygen atoms in total.